The molecule has 0 bridgehead atoms. The molecule has 1 heterocycles. The highest BCUT2D eigenvalue weighted by atomic mass is 16.7. The maximum atomic E-state index is 9.80. The Labute approximate surface area is 143 Å². The van der Waals surface area contributed by atoms with Gasteiger partial charge in [-0.2, -0.15) is 0 Å². The summed E-state index contributed by atoms with van der Waals surface area (Å²) in [5.41, 5.74) is 0. The number of aliphatic hydroxyl groups excluding tert-OH is 5. The molecule has 8 nitrogen and oxygen atoms in total. The lowest BCUT2D eigenvalue weighted by Gasteiger charge is -2.39. The first-order chi connectivity index (χ1) is 11.5. The molecule has 24 heavy (non-hydrogen) atoms. The van der Waals surface area contributed by atoms with Crippen molar-refractivity contribution in [1.29, 1.82) is 0 Å². The molecule has 1 aliphatic heterocycles. The van der Waals surface area contributed by atoms with Crippen molar-refractivity contribution in [2.45, 2.75) is 75.8 Å². The van der Waals surface area contributed by atoms with E-state index in [1.807, 2.05) is 0 Å². The highest BCUT2D eigenvalue weighted by Gasteiger charge is 2.44. The van der Waals surface area contributed by atoms with Crippen LogP contribution in [0.4, 0.5) is 0 Å². The van der Waals surface area contributed by atoms with Crippen LogP contribution >= 0.6 is 0 Å². The molecule has 0 radical (unpaired) electrons. The molecule has 1 unspecified atom stereocenters. The van der Waals surface area contributed by atoms with Gasteiger partial charge < -0.3 is 39.7 Å². The third-order valence-electron chi connectivity index (χ3n) is 4.00. The van der Waals surface area contributed by atoms with Crippen molar-refractivity contribution in [3.05, 3.63) is 0 Å². The molecule has 0 aromatic rings. The van der Waals surface area contributed by atoms with Crippen LogP contribution in [0.3, 0.4) is 0 Å². The van der Waals surface area contributed by atoms with E-state index < -0.39 is 43.4 Å². The van der Waals surface area contributed by atoms with Gasteiger partial charge in [-0.3, -0.25) is 0 Å². The molecule has 8 heteroatoms. The van der Waals surface area contributed by atoms with E-state index in [1.54, 1.807) is 0 Å². The Morgan fingerprint density at radius 1 is 0.958 bits per heavy atom. The molecule has 1 saturated heterocycles. The molecule has 5 N–H and O–H groups in total. The number of hydrogen-bond donors (Lipinski definition) is 5. The molecule has 0 aromatic carbocycles. The average Bonchev–Trinajstić information content (AvgIpc) is 2.58. The van der Waals surface area contributed by atoms with Gasteiger partial charge in [0, 0.05) is 6.61 Å². The summed E-state index contributed by atoms with van der Waals surface area (Å²) in [6.07, 6.45) is -1.89. The van der Waals surface area contributed by atoms with E-state index in [2.05, 4.69) is 6.92 Å². The molecule has 1 rings (SSSR count). The maximum absolute atomic E-state index is 9.80. The van der Waals surface area contributed by atoms with Crippen molar-refractivity contribution in [2.75, 3.05) is 26.4 Å². The van der Waals surface area contributed by atoms with Crippen LogP contribution in [0.2, 0.25) is 0 Å². The van der Waals surface area contributed by atoms with Gasteiger partial charge in [-0.1, -0.05) is 32.6 Å². The molecular weight excluding hydrogens is 320 g/mol. The fourth-order valence-electron chi connectivity index (χ4n) is 2.49. The predicted octanol–water partition coefficient (Wildman–Crippen LogP) is -0.849. The van der Waals surface area contributed by atoms with Gasteiger partial charge in [0.05, 0.1) is 19.8 Å². The second-order valence-corrected chi connectivity index (χ2v) is 6.17. The third kappa shape index (κ3) is 7.28. The molecular formula is C16H32O8. The molecule has 0 amide bonds. The van der Waals surface area contributed by atoms with Gasteiger partial charge in [0.15, 0.2) is 6.29 Å². The van der Waals surface area contributed by atoms with Gasteiger partial charge in [0.25, 0.3) is 0 Å². The lowest BCUT2D eigenvalue weighted by molar-refractivity contribution is -0.305. The Kier molecular flexibility index (Phi) is 11.0. The Balaban J connectivity index is 2.17. The minimum atomic E-state index is -1.49. The number of hydrogen-bond acceptors (Lipinski definition) is 8. The quantitative estimate of drug-likeness (QED) is 0.287. The molecule has 0 spiro atoms. The number of rotatable bonds is 12. The first-order valence-electron chi connectivity index (χ1n) is 8.69. The van der Waals surface area contributed by atoms with Crippen LogP contribution in [-0.4, -0.2) is 88.8 Å². The fourth-order valence-corrected chi connectivity index (χ4v) is 2.49. The Hall–Kier alpha value is -0.320. The molecule has 0 aliphatic carbocycles. The normalized spacial score (nSPS) is 32.0. The van der Waals surface area contributed by atoms with Crippen molar-refractivity contribution in [1.82, 2.24) is 0 Å². The minimum Gasteiger partial charge on any atom is -0.394 e. The average molecular weight is 352 g/mol. The highest BCUT2D eigenvalue weighted by Crippen LogP contribution is 2.22. The first kappa shape index (κ1) is 21.7. The summed E-state index contributed by atoms with van der Waals surface area (Å²) in [5, 5.41) is 48.0. The molecule has 144 valence electrons. The van der Waals surface area contributed by atoms with Crippen molar-refractivity contribution in [2.24, 2.45) is 0 Å². The maximum Gasteiger partial charge on any atom is 0.186 e. The van der Waals surface area contributed by atoms with E-state index in [-0.39, 0.29) is 13.2 Å². The van der Waals surface area contributed by atoms with Gasteiger partial charge in [-0.05, 0) is 6.42 Å². The standard InChI is InChI=1S/C16H32O8/c1-2-3-4-5-6-7-22-9-11(18)10-23-16-15(21)14(20)13(19)12(8-17)24-16/h11-21H,2-10H2,1H3/t11?,12-,13+,14+,15-,16+/m1/s1. The van der Waals surface area contributed by atoms with Crippen molar-refractivity contribution in [3.8, 4) is 0 Å². The molecule has 1 fully saturated rings. The first-order valence-corrected chi connectivity index (χ1v) is 8.69. The van der Waals surface area contributed by atoms with E-state index in [0.717, 1.165) is 12.8 Å². The summed E-state index contributed by atoms with van der Waals surface area (Å²) in [6, 6.07) is 0. The predicted molar refractivity (Wildman–Crippen MR) is 85.3 cm³/mol. The molecule has 0 aromatic heterocycles. The topological polar surface area (TPSA) is 129 Å². The summed E-state index contributed by atoms with van der Waals surface area (Å²) in [5.74, 6) is 0. The zero-order valence-corrected chi connectivity index (χ0v) is 14.3. The van der Waals surface area contributed by atoms with Gasteiger partial charge in [-0.15, -0.1) is 0 Å². The van der Waals surface area contributed by atoms with Crippen molar-refractivity contribution in [3.63, 3.8) is 0 Å². The zero-order chi connectivity index (χ0) is 17.9. The van der Waals surface area contributed by atoms with E-state index in [1.165, 1.54) is 19.3 Å². The number of aliphatic hydroxyl groups is 5. The summed E-state index contributed by atoms with van der Waals surface area (Å²) < 4.78 is 15.8. The monoisotopic (exact) mass is 352 g/mol. The van der Waals surface area contributed by atoms with Crippen LogP contribution in [0.25, 0.3) is 0 Å². The Bertz CT molecular complexity index is 314. The highest BCUT2D eigenvalue weighted by molar-refractivity contribution is 4.88. The lowest BCUT2D eigenvalue weighted by Crippen LogP contribution is -2.59. The number of unbranched alkanes of at least 4 members (excludes halogenated alkanes) is 4. The summed E-state index contributed by atoms with van der Waals surface area (Å²) in [4.78, 5) is 0. The number of ether oxygens (including phenoxy) is 3. The molecule has 1 aliphatic rings. The third-order valence-corrected chi connectivity index (χ3v) is 4.00. The van der Waals surface area contributed by atoms with Crippen LogP contribution in [0, 0.1) is 0 Å². The van der Waals surface area contributed by atoms with Gasteiger partial charge in [-0.25, -0.2) is 0 Å². The SMILES string of the molecule is CCCCCCCOCC(O)CO[C@H]1O[C@H](CO)[C@H](O)[C@H](O)[C@H]1O. The Morgan fingerprint density at radius 3 is 2.33 bits per heavy atom. The van der Waals surface area contributed by atoms with Crippen LogP contribution in [0.1, 0.15) is 39.0 Å². The van der Waals surface area contributed by atoms with Crippen LogP contribution in [0.5, 0.6) is 0 Å². The summed E-state index contributed by atoms with van der Waals surface area (Å²) in [6.45, 7) is 2.15. The van der Waals surface area contributed by atoms with Gasteiger partial charge >= 0.3 is 0 Å². The van der Waals surface area contributed by atoms with Gasteiger partial charge in [0.2, 0.25) is 0 Å². The van der Waals surface area contributed by atoms with Crippen molar-refractivity contribution < 1.29 is 39.7 Å². The Morgan fingerprint density at radius 2 is 1.67 bits per heavy atom. The second-order valence-electron chi connectivity index (χ2n) is 6.17. The zero-order valence-electron chi connectivity index (χ0n) is 14.3. The van der Waals surface area contributed by atoms with Crippen LogP contribution in [-0.2, 0) is 14.2 Å². The van der Waals surface area contributed by atoms with Crippen LogP contribution < -0.4 is 0 Å². The van der Waals surface area contributed by atoms with E-state index in [4.69, 9.17) is 19.3 Å². The second kappa shape index (κ2) is 12.1. The molecule has 6 atom stereocenters. The van der Waals surface area contributed by atoms with E-state index in [0.29, 0.717) is 6.61 Å². The lowest BCUT2D eigenvalue weighted by atomic mass is 9.99. The summed E-state index contributed by atoms with van der Waals surface area (Å²) in [7, 11) is 0. The minimum absolute atomic E-state index is 0.102. The molecule has 0 saturated carbocycles. The van der Waals surface area contributed by atoms with Crippen molar-refractivity contribution >= 4 is 0 Å². The van der Waals surface area contributed by atoms with E-state index in [9.17, 15) is 20.4 Å². The van der Waals surface area contributed by atoms with Crippen LogP contribution in [0.15, 0.2) is 0 Å². The largest absolute Gasteiger partial charge is 0.394 e. The smallest absolute Gasteiger partial charge is 0.186 e. The fraction of sp³-hybridized carbons (Fsp3) is 1.00. The van der Waals surface area contributed by atoms with Gasteiger partial charge in [0.1, 0.15) is 30.5 Å². The van der Waals surface area contributed by atoms with E-state index >= 15 is 0 Å². The summed E-state index contributed by atoms with van der Waals surface area (Å²) >= 11 is 0.